The first-order chi connectivity index (χ1) is 4.37. The number of nitrogens with two attached hydrogens (primary N) is 1. The van der Waals surface area contributed by atoms with E-state index in [0.717, 1.165) is 0 Å². The van der Waals surface area contributed by atoms with Crippen molar-refractivity contribution in [3.8, 4) is 0 Å². The van der Waals surface area contributed by atoms with E-state index in [2.05, 4.69) is 13.1 Å². The molecule has 0 saturated heterocycles. The number of ketones is 2. The lowest BCUT2D eigenvalue weighted by atomic mass is 10.3. The summed E-state index contributed by atoms with van der Waals surface area (Å²) < 4.78 is 0. The van der Waals surface area contributed by atoms with Gasteiger partial charge in [0, 0.05) is 13.8 Å². The van der Waals surface area contributed by atoms with E-state index in [0.29, 0.717) is 0 Å². The Bertz CT molecular complexity index is 108. The summed E-state index contributed by atoms with van der Waals surface area (Å²) in [6, 6.07) is 0. The van der Waals surface area contributed by atoms with E-state index in [9.17, 15) is 9.59 Å². The zero-order valence-corrected chi connectivity index (χ0v) is 8.13. The van der Waals surface area contributed by atoms with Crippen LogP contribution in [0.4, 0.5) is 0 Å². The molecule has 0 saturated carbocycles. The van der Waals surface area contributed by atoms with Gasteiger partial charge in [0.15, 0.2) is 11.6 Å². The summed E-state index contributed by atoms with van der Waals surface area (Å²) in [6.07, 6.45) is 0. The predicted octanol–water partition coefficient (Wildman–Crippen LogP) is 0.0929. The summed E-state index contributed by atoms with van der Waals surface area (Å²) in [7, 11) is -0.639. The fraction of sp³-hybridized carbons (Fsp3) is 0.667. The average Bonchev–Trinajstić information content (AvgIpc) is 1.63. The second kappa shape index (κ2) is 6.63. The molecule has 0 aliphatic rings. The van der Waals surface area contributed by atoms with Gasteiger partial charge in [-0.3, -0.25) is 9.59 Å². The number of rotatable bonds is 1. The van der Waals surface area contributed by atoms with Crippen molar-refractivity contribution >= 4 is 20.5 Å². The molecule has 0 fully saturated rings. The largest absolute Gasteiger partial charge is 0.353 e. The standard InChI is InChI=1S/C4H6O2.C2H9NSi/c1-3(5)4(2)6;1-4(2)3/h1-2H3;4H,3H2,1-2H3. The lowest BCUT2D eigenvalue weighted by Crippen LogP contribution is -2.13. The van der Waals surface area contributed by atoms with E-state index >= 15 is 0 Å². The van der Waals surface area contributed by atoms with Crippen LogP contribution in [0.2, 0.25) is 13.1 Å². The highest BCUT2D eigenvalue weighted by Gasteiger charge is 1.94. The molecule has 0 amide bonds. The molecule has 0 spiro atoms. The molecule has 0 aromatic heterocycles. The molecule has 2 N–H and O–H groups in total. The van der Waals surface area contributed by atoms with Crippen molar-refractivity contribution in [1.82, 2.24) is 0 Å². The van der Waals surface area contributed by atoms with Gasteiger partial charge < -0.3 is 5.40 Å². The van der Waals surface area contributed by atoms with Gasteiger partial charge in [0.05, 0.1) is 8.96 Å². The maximum absolute atomic E-state index is 9.79. The molecule has 0 rings (SSSR count). The lowest BCUT2D eigenvalue weighted by Gasteiger charge is -1.77. The number of Topliss-reactive ketones (excluding diaryl/α,β-unsaturated/α-hetero) is 2. The van der Waals surface area contributed by atoms with Crippen molar-refractivity contribution in [3.05, 3.63) is 0 Å². The number of carbonyl (C=O) groups excluding carboxylic acids is 2. The summed E-state index contributed by atoms with van der Waals surface area (Å²) in [5.41, 5.74) is 0. The van der Waals surface area contributed by atoms with Crippen LogP contribution in [0.15, 0.2) is 0 Å². The topological polar surface area (TPSA) is 60.2 Å². The molecule has 0 atom stereocenters. The molecule has 0 aliphatic carbocycles. The van der Waals surface area contributed by atoms with Crippen LogP contribution in [0, 0.1) is 0 Å². The fourth-order valence-electron chi connectivity index (χ4n) is 0. The van der Waals surface area contributed by atoms with Crippen molar-refractivity contribution in [2.75, 3.05) is 0 Å². The molecule has 60 valence electrons. The van der Waals surface area contributed by atoms with Crippen LogP contribution in [-0.4, -0.2) is 20.5 Å². The fourth-order valence-corrected chi connectivity index (χ4v) is 0. The Morgan fingerprint density at radius 2 is 1.20 bits per heavy atom. The summed E-state index contributed by atoms with van der Waals surface area (Å²) >= 11 is 0. The van der Waals surface area contributed by atoms with Gasteiger partial charge in [0.25, 0.3) is 0 Å². The van der Waals surface area contributed by atoms with Crippen molar-refractivity contribution in [2.24, 2.45) is 5.40 Å². The third-order valence-electron chi connectivity index (χ3n) is 0.496. The Hall–Kier alpha value is -0.483. The van der Waals surface area contributed by atoms with Crippen LogP contribution in [0.1, 0.15) is 13.8 Å². The molecule has 0 heterocycles. The number of carbonyl (C=O) groups is 2. The lowest BCUT2D eigenvalue weighted by molar-refractivity contribution is -0.134. The molecule has 0 unspecified atom stereocenters. The van der Waals surface area contributed by atoms with E-state index < -0.39 is 8.96 Å². The minimum atomic E-state index is -0.639. The molecule has 4 heteroatoms. The molecular weight excluding hydrogens is 146 g/mol. The first-order valence-corrected chi connectivity index (χ1v) is 6.12. The van der Waals surface area contributed by atoms with E-state index in [4.69, 9.17) is 5.40 Å². The van der Waals surface area contributed by atoms with Gasteiger partial charge in [-0.15, -0.1) is 0 Å². The van der Waals surface area contributed by atoms with Gasteiger partial charge in [-0.1, -0.05) is 13.1 Å². The van der Waals surface area contributed by atoms with Gasteiger partial charge in [-0.25, -0.2) is 0 Å². The minimum absolute atomic E-state index is 0.380. The summed E-state index contributed by atoms with van der Waals surface area (Å²) in [5, 5.41) is 5.25. The summed E-state index contributed by atoms with van der Waals surface area (Å²) in [5.74, 6) is -0.759. The number of hydrogen-bond acceptors (Lipinski definition) is 3. The van der Waals surface area contributed by atoms with Crippen LogP contribution in [0.5, 0.6) is 0 Å². The van der Waals surface area contributed by atoms with Gasteiger partial charge >= 0.3 is 0 Å². The van der Waals surface area contributed by atoms with Crippen molar-refractivity contribution in [3.63, 3.8) is 0 Å². The Kier molecular flexibility index (Phi) is 8.11. The molecule has 0 aliphatic heterocycles. The Morgan fingerprint density at radius 3 is 1.20 bits per heavy atom. The Labute approximate surface area is 63.3 Å². The highest BCUT2D eigenvalue weighted by Crippen LogP contribution is 1.66. The van der Waals surface area contributed by atoms with Crippen LogP contribution >= 0.6 is 0 Å². The summed E-state index contributed by atoms with van der Waals surface area (Å²) in [6.45, 7) is 6.67. The first-order valence-electron chi connectivity index (χ1n) is 3.15. The van der Waals surface area contributed by atoms with Crippen LogP contribution in [-0.2, 0) is 9.59 Å². The maximum atomic E-state index is 9.79. The normalized spacial score (nSPS) is 8.20. The molecule has 0 radical (unpaired) electrons. The second-order valence-electron chi connectivity index (χ2n) is 2.36. The molecule has 3 nitrogen and oxygen atoms in total. The van der Waals surface area contributed by atoms with Gasteiger partial charge in [0.2, 0.25) is 0 Å². The predicted molar refractivity (Wildman–Crippen MR) is 44.4 cm³/mol. The maximum Gasteiger partial charge on any atom is 0.195 e. The van der Waals surface area contributed by atoms with Gasteiger partial charge in [-0.2, -0.15) is 0 Å². The third kappa shape index (κ3) is 25.8. The monoisotopic (exact) mass is 161 g/mol. The highest BCUT2D eigenvalue weighted by atomic mass is 28.3. The van der Waals surface area contributed by atoms with E-state index in [1.807, 2.05) is 0 Å². The van der Waals surface area contributed by atoms with Crippen molar-refractivity contribution in [2.45, 2.75) is 26.9 Å². The zero-order valence-electron chi connectivity index (χ0n) is 6.97. The Balaban J connectivity index is 0. The van der Waals surface area contributed by atoms with Crippen molar-refractivity contribution < 1.29 is 9.59 Å². The van der Waals surface area contributed by atoms with Crippen molar-refractivity contribution in [1.29, 1.82) is 0 Å². The van der Waals surface area contributed by atoms with Crippen LogP contribution < -0.4 is 5.40 Å². The SMILES string of the molecule is CC(=O)C(C)=O.C[SiH](C)N. The molecule has 0 aromatic rings. The van der Waals surface area contributed by atoms with Gasteiger partial charge in [-0.05, 0) is 0 Å². The molecule has 0 bridgehead atoms. The molecule has 10 heavy (non-hydrogen) atoms. The minimum Gasteiger partial charge on any atom is -0.353 e. The van der Waals surface area contributed by atoms with Gasteiger partial charge in [0.1, 0.15) is 0 Å². The third-order valence-corrected chi connectivity index (χ3v) is 0.496. The average molecular weight is 161 g/mol. The summed E-state index contributed by atoms with van der Waals surface area (Å²) in [4.78, 5) is 19.6. The molecule has 0 aromatic carbocycles. The van der Waals surface area contributed by atoms with E-state index in [1.54, 1.807) is 0 Å². The van der Waals surface area contributed by atoms with Crippen LogP contribution in [0.25, 0.3) is 0 Å². The smallest absolute Gasteiger partial charge is 0.195 e. The molecular formula is C6H15NO2Si. The number of hydrogen-bond donors (Lipinski definition) is 1. The van der Waals surface area contributed by atoms with Crippen LogP contribution in [0.3, 0.4) is 0 Å². The highest BCUT2D eigenvalue weighted by molar-refractivity contribution is 6.51. The second-order valence-corrected chi connectivity index (χ2v) is 4.84. The first kappa shape index (κ1) is 12.2. The Morgan fingerprint density at radius 1 is 1.10 bits per heavy atom. The van der Waals surface area contributed by atoms with E-state index in [-0.39, 0.29) is 11.6 Å². The quantitative estimate of drug-likeness (QED) is 0.438. The van der Waals surface area contributed by atoms with E-state index in [1.165, 1.54) is 13.8 Å². The zero-order chi connectivity index (χ0) is 8.73.